The van der Waals surface area contributed by atoms with Gasteiger partial charge in [0.15, 0.2) is 17.7 Å². The van der Waals surface area contributed by atoms with Crippen LogP contribution in [-0.2, 0) is 44.5 Å². The molecule has 5 rings (SSSR count). The topological polar surface area (TPSA) is 141 Å². The first-order chi connectivity index (χ1) is 27.9. The summed E-state index contributed by atoms with van der Waals surface area (Å²) in [7, 11) is 5.26. The smallest absolute Gasteiger partial charge is 0.410 e. The van der Waals surface area contributed by atoms with Crippen LogP contribution in [-0.4, -0.2) is 120 Å². The van der Waals surface area contributed by atoms with Crippen molar-refractivity contribution in [1.82, 2.24) is 9.80 Å². The van der Waals surface area contributed by atoms with Crippen molar-refractivity contribution >= 4 is 23.6 Å². The van der Waals surface area contributed by atoms with E-state index in [4.69, 9.17) is 23.7 Å². The molecule has 326 valence electrons. The maximum absolute atomic E-state index is 14.7. The number of methoxy groups -OCH3 is 1. The first-order valence-electron chi connectivity index (χ1n) is 21.5. The number of fused-ring (bicyclic) bond motifs is 1. The van der Waals surface area contributed by atoms with Crippen LogP contribution in [0.15, 0.2) is 54.6 Å². The summed E-state index contributed by atoms with van der Waals surface area (Å²) < 4.78 is 31.3. The monoisotopic (exact) mass is 820 g/mol. The number of benzene rings is 2. The Morgan fingerprint density at radius 2 is 1.53 bits per heavy atom. The highest BCUT2D eigenvalue weighted by Gasteiger charge is 2.60. The maximum Gasteiger partial charge on any atom is 0.410 e. The molecule has 3 fully saturated rings. The third kappa shape index (κ3) is 9.94. The van der Waals surface area contributed by atoms with E-state index >= 15 is 0 Å². The van der Waals surface area contributed by atoms with Crippen molar-refractivity contribution < 1.29 is 48.0 Å². The van der Waals surface area contributed by atoms with Gasteiger partial charge in [0.2, 0.25) is 0 Å². The Kier molecular flexibility index (Phi) is 15.2. The van der Waals surface area contributed by atoms with Crippen molar-refractivity contribution in [1.29, 1.82) is 0 Å². The number of rotatable bonds is 11. The van der Waals surface area contributed by atoms with Crippen molar-refractivity contribution in [3.8, 4) is 11.1 Å². The van der Waals surface area contributed by atoms with Crippen molar-refractivity contribution in [3.05, 3.63) is 60.2 Å². The fourth-order valence-corrected chi connectivity index (χ4v) is 9.81. The zero-order chi connectivity index (χ0) is 43.4. The van der Waals surface area contributed by atoms with Crippen molar-refractivity contribution in [2.45, 2.75) is 148 Å². The van der Waals surface area contributed by atoms with Gasteiger partial charge >= 0.3 is 12.1 Å². The van der Waals surface area contributed by atoms with Crippen molar-refractivity contribution in [2.75, 3.05) is 27.7 Å². The van der Waals surface area contributed by atoms with Crippen LogP contribution in [0.25, 0.3) is 11.1 Å². The van der Waals surface area contributed by atoms with Crippen LogP contribution in [0.4, 0.5) is 4.79 Å². The number of ether oxygens (including phenoxy) is 5. The molecule has 0 saturated carbocycles. The molecule has 59 heavy (non-hydrogen) atoms. The summed E-state index contributed by atoms with van der Waals surface area (Å²) in [4.78, 5) is 60.5. The SMILES string of the molecule is CC[C@@H]1OC(=O)[C@H](C)C(=O)[C@H](C)[C@@H](O[C@@H]2O[C@H](C)C[C@H](N(C)C)[C@H]2O)[C@](C)(OC)C[C@@H](C)C(=O)[C@@H](C)[C@H]2N(CCCCc3ccc(-c4ccccc4)cc3)C(=O)O[C@]12C. The number of esters is 1. The molecule has 12 nitrogen and oxygen atoms in total. The number of ketones is 2. The quantitative estimate of drug-likeness (QED) is 0.144. The minimum atomic E-state index is -1.38. The molecule has 3 saturated heterocycles. The fraction of sp³-hybridized carbons (Fsp3) is 0.660. The van der Waals surface area contributed by atoms with E-state index in [9.17, 15) is 24.3 Å². The molecule has 12 heteroatoms. The molecule has 3 aliphatic rings. The molecule has 0 radical (unpaired) electrons. The lowest BCUT2D eigenvalue weighted by molar-refractivity contribution is -0.295. The minimum absolute atomic E-state index is 0.133. The summed E-state index contributed by atoms with van der Waals surface area (Å²) in [6.07, 6.45) is -1.71. The zero-order valence-electron chi connectivity index (χ0n) is 37.0. The maximum atomic E-state index is 14.7. The lowest BCUT2D eigenvalue weighted by Crippen LogP contribution is -2.60. The second kappa shape index (κ2) is 19.4. The molecule has 1 N–H and O–H groups in total. The van der Waals surface area contributed by atoms with Crippen LogP contribution in [0.2, 0.25) is 0 Å². The average molecular weight is 821 g/mol. The number of Topliss-reactive ketones (excluding diaryl/α,β-unsaturated/α-hetero) is 2. The molecule has 0 unspecified atom stereocenters. The largest absolute Gasteiger partial charge is 0.458 e. The van der Waals surface area contributed by atoms with Crippen LogP contribution in [0.3, 0.4) is 0 Å². The Bertz CT molecular complexity index is 1750. The highest BCUT2D eigenvalue weighted by atomic mass is 16.7. The second-order valence-corrected chi connectivity index (χ2v) is 17.9. The molecule has 2 aromatic carbocycles. The number of aryl methyl sites for hydroxylation is 1. The zero-order valence-corrected chi connectivity index (χ0v) is 37.0. The molecule has 13 atom stereocenters. The van der Waals surface area contributed by atoms with Gasteiger partial charge < -0.3 is 38.6 Å². The van der Waals surface area contributed by atoms with Crippen molar-refractivity contribution in [2.24, 2.45) is 23.7 Å². The van der Waals surface area contributed by atoms with Gasteiger partial charge in [0, 0.05) is 37.5 Å². The van der Waals surface area contributed by atoms with Crippen LogP contribution >= 0.6 is 0 Å². The third-order valence-corrected chi connectivity index (χ3v) is 13.3. The number of hydrogen-bond acceptors (Lipinski definition) is 11. The van der Waals surface area contributed by atoms with E-state index in [1.807, 2.05) is 64.9 Å². The predicted molar refractivity (Wildman–Crippen MR) is 224 cm³/mol. The Labute approximate surface area is 351 Å². The highest BCUT2D eigenvalue weighted by Crippen LogP contribution is 2.43. The van der Waals surface area contributed by atoms with Gasteiger partial charge in [0.05, 0.1) is 23.9 Å². The Hall–Kier alpha value is -3.68. The summed E-state index contributed by atoms with van der Waals surface area (Å²) >= 11 is 0. The summed E-state index contributed by atoms with van der Waals surface area (Å²) in [6, 6.07) is 17.7. The molecule has 0 aromatic heterocycles. The van der Waals surface area contributed by atoms with Gasteiger partial charge in [-0.05, 0) is 97.0 Å². The summed E-state index contributed by atoms with van der Waals surface area (Å²) in [5.41, 5.74) is 0.847. The number of carbonyl (C=O) groups excluding carboxylic acids is 4. The van der Waals surface area contributed by atoms with E-state index in [-0.39, 0.29) is 30.8 Å². The van der Waals surface area contributed by atoms with Crippen LogP contribution in [0.5, 0.6) is 0 Å². The Morgan fingerprint density at radius 1 is 0.881 bits per heavy atom. The molecule has 1 amide bonds. The van der Waals surface area contributed by atoms with Gasteiger partial charge in [0.25, 0.3) is 0 Å². The van der Waals surface area contributed by atoms with Crippen LogP contribution in [0, 0.1) is 23.7 Å². The molecule has 2 aromatic rings. The predicted octanol–water partition coefficient (Wildman–Crippen LogP) is 6.88. The Balaban J connectivity index is 1.42. The molecular formula is C47H68N2O10. The molecule has 0 aliphatic carbocycles. The number of carbonyl (C=O) groups is 4. The van der Waals surface area contributed by atoms with E-state index in [1.165, 1.54) is 19.6 Å². The van der Waals surface area contributed by atoms with E-state index < -0.39 is 83.4 Å². The number of cyclic esters (lactones) is 1. The van der Waals surface area contributed by atoms with Gasteiger partial charge in [-0.25, -0.2) is 4.79 Å². The van der Waals surface area contributed by atoms with E-state index in [1.54, 1.807) is 25.7 Å². The van der Waals surface area contributed by atoms with Crippen LogP contribution in [0.1, 0.15) is 93.1 Å². The first kappa shape index (κ1) is 46.4. The van der Waals surface area contributed by atoms with E-state index in [0.29, 0.717) is 19.4 Å². The Morgan fingerprint density at radius 3 is 2.14 bits per heavy atom. The number of unbranched alkanes of at least 4 members (excludes halogenated alkanes) is 1. The highest BCUT2D eigenvalue weighted by molar-refractivity contribution is 6.00. The molecular weight excluding hydrogens is 753 g/mol. The molecule has 0 spiro atoms. The standard InChI is InChI=1S/C47H68N2O10/c1-12-37-47(8)41(49(45(54)59-47)25-17-16-18-33-21-23-35(24-22-33)34-19-14-13-15-20-34)30(4)38(50)28(2)27-46(7,55-11)42(31(5)39(51)32(6)43(53)57-37)58-44-40(52)36(48(9)10)26-29(3)56-44/h13-15,19-24,28-32,36-37,40-42,44,52H,12,16-18,25-27H2,1-11H3/t28-,29-,30-,31+,32-,36+,37+,40-,41-,42-,44+,46-,47-/m1/s1. The fourth-order valence-electron chi connectivity index (χ4n) is 9.81. The number of aliphatic hydroxyl groups excluding tert-OH is 1. The van der Waals surface area contributed by atoms with Gasteiger partial charge in [-0.1, -0.05) is 82.3 Å². The first-order valence-corrected chi connectivity index (χ1v) is 21.5. The molecule has 3 aliphatic heterocycles. The molecule has 3 heterocycles. The normalized spacial score (nSPS) is 36.2. The third-order valence-electron chi connectivity index (χ3n) is 13.3. The number of nitrogens with zero attached hydrogens (tertiary/aromatic N) is 2. The lowest BCUT2D eigenvalue weighted by Gasteiger charge is -2.47. The van der Waals surface area contributed by atoms with Crippen molar-refractivity contribution in [3.63, 3.8) is 0 Å². The van der Waals surface area contributed by atoms with Gasteiger partial charge in [0.1, 0.15) is 23.9 Å². The minimum Gasteiger partial charge on any atom is -0.458 e. The van der Waals surface area contributed by atoms with E-state index in [0.717, 1.165) is 24.0 Å². The number of amides is 1. The molecule has 0 bridgehead atoms. The summed E-state index contributed by atoms with van der Waals surface area (Å²) in [6.45, 7) is 14.4. The lowest BCUT2D eigenvalue weighted by atomic mass is 9.73. The second-order valence-electron chi connectivity index (χ2n) is 17.9. The number of hydrogen-bond donors (Lipinski definition) is 1. The van der Waals surface area contributed by atoms with Gasteiger partial charge in [-0.3, -0.25) is 14.4 Å². The van der Waals surface area contributed by atoms with Gasteiger partial charge in [-0.2, -0.15) is 0 Å². The summed E-state index contributed by atoms with van der Waals surface area (Å²) in [5.74, 6) is -4.87. The van der Waals surface area contributed by atoms with Crippen LogP contribution < -0.4 is 0 Å². The summed E-state index contributed by atoms with van der Waals surface area (Å²) in [5, 5.41) is 11.5. The number of likely N-dealkylation sites (N-methyl/N-ethyl adjacent to an activating group) is 1. The number of aliphatic hydroxyl groups is 1. The van der Waals surface area contributed by atoms with Gasteiger partial charge in [-0.15, -0.1) is 0 Å². The average Bonchev–Trinajstić information content (AvgIpc) is 3.48. The van der Waals surface area contributed by atoms with E-state index in [2.05, 4.69) is 36.4 Å².